The first-order valence-corrected chi connectivity index (χ1v) is 7.50. The van der Waals surface area contributed by atoms with Crippen LogP contribution in [0.1, 0.15) is 22.7 Å². The summed E-state index contributed by atoms with van der Waals surface area (Å²) in [7, 11) is 3.63. The lowest BCUT2D eigenvalue weighted by molar-refractivity contribution is 0.405. The van der Waals surface area contributed by atoms with Crippen molar-refractivity contribution in [1.82, 2.24) is 5.32 Å². The molecule has 0 aliphatic rings. The minimum atomic E-state index is 0.0553. The topological polar surface area (TPSA) is 21.3 Å². The molecule has 0 aromatic heterocycles. The summed E-state index contributed by atoms with van der Waals surface area (Å²) in [6.07, 6.45) is 0. The highest BCUT2D eigenvalue weighted by Crippen LogP contribution is 2.34. The first-order chi connectivity index (χ1) is 9.56. The van der Waals surface area contributed by atoms with E-state index in [1.807, 2.05) is 31.3 Å². The zero-order valence-corrected chi connectivity index (χ0v) is 14.0. The second-order valence-electron chi connectivity index (χ2n) is 4.61. The van der Waals surface area contributed by atoms with E-state index < -0.39 is 0 Å². The molecule has 0 saturated carbocycles. The van der Waals surface area contributed by atoms with Gasteiger partial charge in [0.1, 0.15) is 5.75 Å². The van der Waals surface area contributed by atoms with Crippen molar-refractivity contribution in [3.8, 4) is 5.75 Å². The maximum Gasteiger partial charge on any atom is 0.124 e. The highest BCUT2D eigenvalue weighted by molar-refractivity contribution is 9.10. The average molecular weight is 355 g/mol. The lowest BCUT2D eigenvalue weighted by Gasteiger charge is -2.22. The van der Waals surface area contributed by atoms with E-state index in [-0.39, 0.29) is 6.04 Å². The monoisotopic (exact) mass is 353 g/mol. The fraction of sp³-hybridized carbons (Fsp3) is 0.250. The first kappa shape index (κ1) is 15.4. The van der Waals surface area contributed by atoms with Crippen LogP contribution in [-0.2, 0) is 0 Å². The van der Waals surface area contributed by atoms with Crippen LogP contribution in [0, 0.1) is 6.92 Å². The van der Waals surface area contributed by atoms with Crippen molar-refractivity contribution in [2.24, 2.45) is 0 Å². The number of ether oxygens (including phenoxy) is 1. The van der Waals surface area contributed by atoms with Gasteiger partial charge >= 0.3 is 0 Å². The number of hydrogen-bond donors (Lipinski definition) is 1. The quantitative estimate of drug-likeness (QED) is 0.857. The molecule has 1 unspecified atom stereocenters. The standard InChI is InChI=1S/C16H17BrClNO/c1-10-8-12(18)5-6-13(10)16(19-2)14-9-11(17)4-7-15(14)20-3/h4-9,16,19H,1-3H3. The minimum Gasteiger partial charge on any atom is -0.496 e. The Kier molecular flexibility index (Phi) is 5.08. The molecule has 2 aromatic rings. The Labute approximate surface area is 133 Å². The van der Waals surface area contributed by atoms with Crippen LogP contribution >= 0.6 is 27.5 Å². The fourth-order valence-corrected chi connectivity index (χ4v) is 2.98. The molecule has 0 saturated heterocycles. The Morgan fingerprint density at radius 2 is 1.90 bits per heavy atom. The predicted molar refractivity (Wildman–Crippen MR) is 87.8 cm³/mol. The highest BCUT2D eigenvalue weighted by atomic mass is 79.9. The third-order valence-corrected chi connectivity index (χ3v) is 4.06. The molecule has 0 radical (unpaired) electrons. The Morgan fingerprint density at radius 3 is 2.50 bits per heavy atom. The van der Waals surface area contributed by atoms with E-state index in [1.165, 1.54) is 5.56 Å². The maximum absolute atomic E-state index is 6.04. The predicted octanol–water partition coefficient (Wildman–Crippen LogP) is 4.73. The molecule has 0 amide bonds. The maximum atomic E-state index is 6.04. The van der Waals surface area contributed by atoms with Gasteiger partial charge in [0.05, 0.1) is 13.2 Å². The van der Waals surface area contributed by atoms with Crippen LogP contribution in [-0.4, -0.2) is 14.2 Å². The molecule has 2 nitrogen and oxygen atoms in total. The molecular formula is C16H17BrClNO. The Balaban J connectivity index is 2.54. The van der Waals surface area contributed by atoms with Crippen LogP contribution in [0.4, 0.5) is 0 Å². The van der Waals surface area contributed by atoms with E-state index in [4.69, 9.17) is 16.3 Å². The first-order valence-electron chi connectivity index (χ1n) is 6.33. The third kappa shape index (κ3) is 3.17. The van der Waals surface area contributed by atoms with Crippen LogP contribution in [0.5, 0.6) is 5.75 Å². The number of halogens is 2. The van der Waals surface area contributed by atoms with Gasteiger partial charge in [-0.15, -0.1) is 0 Å². The number of benzene rings is 2. The zero-order valence-electron chi connectivity index (χ0n) is 11.7. The van der Waals surface area contributed by atoms with Crippen molar-refractivity contribution >= 4 is 27.5 Å². The second-order valence-corrected chi connectivity index (χ2v) is 5.96. The van der Waals surface area contributed by atoms with Gasteiger partial charge in [0.25, 0.3) is 0 Å². The molecule has 2 rings (SSSR count). The molecule has 0 bridgehead atoms. The van der Waals surface area contributed by atoms with Crippen molar-refractivity contribution in [3.63, 3.8) is 0 Å². The summed E-state index contributed by atoms with van der Waals surface area (Å²) < 4.78 is 6.51. The molecular weight excluding hydrogens is 338 g/mol. The fourth-order valence-electron chi connectivity index (χ4n) is 2.37. The van der Waals surface area contributed by atoms with Crippen LogP contribution < -0.4 is 10.1 Å². The molecule has 0 fully saturated rings. The van der Waals surface area contributed by atoms with E-state index >= 15 is 0 Å². The number of hydrogen-bond acceptors (Lipinski definition) is 2. The summed E-state index contributed by atoms with van der Waals surface area (Å²) in [6, 6.07) is 12.0. The zero-order chi connectivity index (χ0) is 14.7. The Morgan fingerprint density at radius 1 is 1.15 bits per heavy atom. The van der Waals surface area contributed by atoms with Crippen molar-refractivity contribution in [2.75, 3.05) is 14.2 Å². The molecule has 0 aliphatic heterocycles. The SMILES string of the molecule is CNC(c1ccc(Cl)cc1C)c1cc(Br)ccc1OC. The van der Waals surface area contributed by atoms with Crippen LogP contribution in [0.15, 0.2) is 40.9 Å². The average Bonchev–Trinajstić information content (AvgIpc) is 2.42. The molecule has 20 heavy (non-hydrogen) atoms. The van der Waals surface area contributed by atoms with Gasteiger partial charge in [-0.2, -0.15) is 0 Å². The van der Waals surface area contributed by atoms with Gasteiger partial charge in [0.15, 0.2) is 0 Å². The van der Waals surface area contributed by atoms with Gasteiger partial charge in [-0.1, -0.05) is 33.6 Å². The summed E-state index contributed by atoms with van der Waals surface area (Å²) in [5, 5.41) is 4.11. The largest absolute Gasteiger partial charge is 0.496 e. The van der Waals surface area contributed by atoms with Gasteiger partial charge in [-0.25, -0.2) is 0 Å². The summed E-state index contributed by atoms with van der Waals surface area (Å²) in [6.45, 7) is 2.07. The molecule has 0 heterocycles. The summed E-state index contributed by atoms with van der Waals surface area (Å²) in [4.78, 5) is 0. The van der Waals surface area contributed by atoms with Crippen molar-refractivity contribution in [2.45, 2.75) is 13.0 Å². The van der Waals surface area contributed by atoms with E-state index in [0.29, 0.717) is 0 Å². The lowest BCUT2D eigenvalue weighted by atomic mass is 9.94. The van der Waals surface area contributed by atoms with E-state index in [2.05, 4.69) is 40.3 Å². The normalized spacial score (nSPS) is 12.2. The highest BCUT2D eigenvalue weighted by Gasteiger charge is 2.18. The van der Waals surface area contributed by atoms with Crippen molar-refractivity contribution < 1.29 is 4.74 Å². The molecule has 0 aliphatic carbocycles. The number of rotatable bonds is 4. The van der Waals surface area contributed by atoms with Gasteiger partial charge in [-0.3, -0.25) is 0 Å². The summed E-state index contributed by atoms with van der Waals surface area (Å²) in [5.74, 6) is 0.863. The molecule has 4 heteroatoms. The van der Waals surface area contributed by atoms with E-state index in [0.717, 1.165) is 26.4 Å². The minimum absolute atomic E-state index is 0.0553. The van der Waals surface area contributed by atoms with Crippen LogP contribution in [0.3, 0.4) is 0 Å². The van der Waals surface area contributed by atoms with Crippen molar-refractivity contribution in [3.05, 3.63) is 62.6 Å². The Hall–Kier alpha value is -1.03. The molecule has 2 aromatic carbocycles. The van der Waals surface area contributed by atoms with Gasteiger partial charge in [0.2, 0.25) is 0 Å². The molecule has 1 atom stereocenters. The Bertz CT molecular complexity index is 615. The molecule has 1 N–H and O–H groups in total. The van der Waals surface area contributed by atoms with E-state index in [9.17, 15) is 0 Å². The van der Waals surface area contributed by atoms with Gasteiger partial charge in [0, 0.05) is 15.1 Å². The lowest BCUT2D eigenvalue weighted by Crippen LogP contribution is -2.19. The molecule has 106 valence electrons. The van der Waals surface area contributed by atoms with Crippen LogP contribution in [0.2, 0.25) is 5.02 Å². The molecule has 0 spiro atoms. The summed E-state index contributed by atoms with van der Waals surface area (Å²) >= 11 is 9.56. The number of methoxy groups -OCH3 is 1. The van der Waals surface area contributed by atoms with Gasteiger partial charge < -0.3 is 10.1 Å². The number of nitrogens with one attached hydrogen (secondary N) is 1. The third-order valence-electron chi connectivity index (χ3n) is 3.33. The van der Waals surface area contributed by atoms with E-state index in [1.54, 1.807) is 7.11 Å². The van der Waals surface area contributed by atoms with Crippen LogP contribution in [0.25, 0.3) is 0 Å². The van der Waals surface area contributed by atoms with Gasteiger partial charge in [-0.05, 0) is 55.4 Å². The van der Waals surface area contributed by atoms with Crippen molar-refractivity contribution in [1.29, 1.82) is 0 Å². The smallest absolute Gasteiger partial charge is 0.124 e. The summed E-state index contributed by atoms with van der Waals surface area (Å²) in [5.41, 5.74) is 3.43. The number of aryl methyl sites for hydroxylation is 1. The second kappa shape index (κ2) is 6.61.